The molecule has 3 aromatic carbocycles. The molecule has 5 rings (SSSR count). The van der Waals surface area contributed by atoms with Crippen molar-refractivity contribution in [1.82, 2.24) is 4.90 Å². The number of imide groups is 1. The molecule has 0 saturated heterocycles. The molecule has 4 aromatic rings. The Balaban J connectivity index is 1.65. The second kappa shape index (κ2) is 8.07. The van der Waals surface area contributed by atoms with Gasteiger partial charge in [-0.15, -0.1) is 0 Å². The Bertz CT molecular complexity index is 1510. The first kappa shape index (κ1) is 21.8. The molecule has 2 heterocycles. The third-order valence-electron chi connectivity index (χ3n) is 5.88. The first-order valence-corrected chi connectivity index (χ1v) is 11.1. The van der Waals surface area contributed by atoms with Crippen molar-refractivity contribution in [3.05, 3.63) is 110 Å². The Hall–Kier alpha value is -4.04. The molecule has 8 heteroatoms. The van der Waals surface area contributed by atoms with Crippen molar-refractivity contribution >= 4 is 44.7 Å². The molecule has 2 amide bonds. The summed E-state index contributed by atoms with van der Waals surface area (Å²) in [4.78, 5) is 53.9. The van der Waals surface area contributed by atoms with Crippen molar-refractivity contribution < 1.29 is 23.5 Å². The lowest BCUT2D eigenvalue weighted by atomic mass is 9.90. The minimum absolute atomic E-state index is 0.189. The van der Waals surface area contributed by atoms with Gasteiger partial charge in [-0.2, -0.15) is 0 Å². The van der Waals surface area contributed by atoms with E-state index in [0.717, 1.165) is 4.90 Å². The monoisotopic (exact) mass is 517 g/mol. The number of ether oxygens (including phenoxy) is 1. The maximum atomic E-state index is 13.7. The molecule has 0 saturated carbocycles. The van der Waals surface area contributed by atoms with Crippen molar-refractivity contribution in [2.24, 2.45) is 0 Å². The summed E-state index contributed by atoms with van der Waals surface area (Å²) in [7, 11) is 0. The highest BCUT2D eigenvalue weighted by molar-refractivity contribution is 9.10. The van der Waals surface area contributed by atoms with E-state index in [1.54, 1.807) is 66.7 Å². The molecule has 0 fully saturated rings. The molecular formula is C26H16BrNO6. The summed E-state index contributed by atoms with van der Waals surface area (Å²) < 4.78 is 11.1. The van der Waals surface area contributed by atoms with Gasteiger partial charge in [0.1, 0.15) is 5.58 Å². The van der Waals surface area contributed by atoms with E-state index in [9.17, 15) is 19.2 Å². The fourth-order valence-electron chi connectivity index (χ4n) is 4.07. The van der Waals surface area contributed by atoms with E-state index in [2.05, 4.69) is 15.9 Å². The molecule has 168 valence electrons. The number of carbonyl (C=O) groups is 3. The third kappa shape index (κ3) is 3.18. The number of fused-ring (bicyclic) bond motifs is 2. The van der Waals surface area contributed by atoms with Gasteiger partial charge in [-0.25, -0.2) is 9.59 Å². The van der Waals surface area contributed by atoms with Crippen molar-refractivity contribution in [2.45, 2.75) is 12.5 Å². The quantitative estimate of drug-likeness (QED) is 0.222. The van der Waals surface area contributed by atoms with Gasteiger partial charge in [-0.3, -0.25) is 14.5 Å². The van der Waals surface area contributed by atoms with Crippen LogP contribution in [-0.2, 0) is 10.3 Å². The van der Waals surface area contributed by atoms with E-state index in [1.807, 2.05) is 0 Å². The van der Waals surface area contributed by atoms with Crippen LogP contribution in [0.4, 0.5) is 0 Å². The predicted molar refractivity (Wildman–Crippen MR) is 127 cm³/mol. The molecule has 1 aliphatic rings. The number of nitrogens with zero attached hydrogens (tertiary/aromatic N) is 1. The van der Waals surface area contributed by atoms with E-state index in [4.69, 9.17) is 9.15 Å². The van der Waals surface area contributed by atoms with Crippen LogP contribution in [0.25, 0.3) is 11.0 Å². The Morgan fingerprint density at radius 2 is 1.41 bits per heavy atom. The molecule has 34 heavy (non-hydrogen) atoms. The second-order valence-corrected chi connectivity index (χ2v) is 8.64. The minimum atomic E-state index is -1.87. The molecule has 7 nitrogen and oxygen atoms in total. The van der Waals surface area contributed by atoms with Crippen LogP contribution in [0.1, 0.15) is 33.2 Å². The average molecular weight is 518 g/mol. The fourth-order valence-corrected chi connectivity index (χ4v) is 4.64. The van der Waals surface area contributed by atoms with Crippen molar-refractivity contribution in [3.63, 3.8) is 0 Å². The zero-order valence-electron chi connectivity index (χ0n) is 17.8. The van der Waals surface area contributed by atoms with Gasteiger partial charge >= 0.3 is 11.6 Å². The topological polar surface area (TPSA) is 93.9 Å². The molecule has 0 aliphatic carbocycles. The van der Waals surface area contributed by atoms with Gasteiger partial charge in [-0.1, -0.05) is 54.6 Å². The molecule has 0 spiro atoms. The number of esters is 1. The molecule has 1 atom stereocenters. The van der Waals surface area contributed by atoms with E-state index >= 15 is 0 Å². The van der Waals surface area contributed by atoms with Gasteiger partial charge in [0.05, 0.1) is 15.6 Å². The molecule has 1 aliphatic heterocycles. The first-order chi connectivity index (χ1) is 16.3. The fraction of sp³-hybridized carbons (Fsp3) is 0.0769. The van der Waals surface area contributed by atoms with Crippen molar-refractivity contribution in [2.75, 3.05) is 0 Å². The number of benzene rings is 3. The molecular weight excluding hydrogens is 502 g/mol. The summed E-state index contributed by atoms with van der Waals surface area (Å²) in [5.74, 6) is -2.62. The van der Waals surface area contributed by atoms with Crippen LogP contribution < -0.4 is 10.4 Å². The van der Waals surface area contributed by atoms with Crippen LogP contribution in [-0.4, -0.2) is 22.7 Å². The van der Waals surface area contributed by atoms with E-state index in [-0.39, 0.29) is 21.3 Å². The van der Waals surface area contributed by atoms with Crippen molar-refractivity contribution in [3.8, 4) is 5.75 Å². The Labute approximate surface area is 201 Å². The summed E-state index contributed by atoms with van der Waals surface area (Å²) in [5, 5.41) is 0.520. The van der Waals surface area contributed by atoms with Crippen LogP contribution in [0.2, 0.25) is 0 Å². The first-order valence-electron chi connectivity index (χ1n) is 10.3. The second-order valence-electron chi connectivity index (χ2n) is 7.85. The van der Waals surface area contributed by atoms with Crippen molar-refractivity contribution in [1.29, 1.82) is 0 Å². The number of para-hydroxylation sites is 1. The molecule has 0 radical (unpaired) electrons. The van der Waals surface area contributed by atoms with Crippen LogP contribution in [0, 0.1) is 0 Å². The SMILES string of the molecule is C[C@@](C(=O)Oc1c(Br)c2ccccc2oc1=O)(c1ccccc1)N1C(=O)c2ccccc2C1=O. The highest BCUT2D eigenvalue weighted by Gasteiger charge is 2.53. The number of carbonyl (C=O) groups excluding carboxylic acids is 3. The van der Waals surface area contributed by atoms with Gasteiger partial charge in [0, 0.05) is 5.39 Å². The van der Waals surface area contributed by atoms with Crippen LogP contribution in [0.5, 0.6) is 5.75 Å². The predicted octanol–water partition coefficient (Wildman–Crippen LogP) is 4.67. The van der Waals surface area contributed by atoms with E-state index in [1.165, 1.54) is 19.1 Å². The molecule has 0 N–H and O–H groups in total. The van der Waals surface area contributed by atoms with Crippen LogP contribution in [0.15, 0.2) is 92.5 Å². The third-order valence-corrected chi connectivity index (χ3v) is 6.67. The van der Waals surface area contributed by atoms with Crippen LogP contribution in [0.3, 0.4) is 0 Å². The summed E-state index contributed by atoms with van der Waals surface area (Å²) in [6.45, 7) is 1.42. The lowest BCUT2D eigenvalue weighted by Gasteiger charge is -2.35. The zero-order chi connectivity index (χ0) is 24.0. The molecule has 1 aromatic heterocycles. The number of hydrogen-bond donors (Lipinski definition) is 0. The smallest absolute Gasteiger partial charge is 0.381 e. The average Bonchev–Trinajstić information content (AvgIpc) is 3.12. The number of amides is 2. The molecule has 0 bridgehead atoms. The Kier molecular flexibility index (Phi) is 5.17. The minimum Gasteiger partial charge on any atom is -0.420 e. The maximum Gasteiger partial charge on any atom is 0.381 e. The van der Waals surface area contributed by atoms with Gasteiger partial charge in [0.25, 0.3) is 11.8 Å². The summed E-state index contributed by atoms with van der Waals surface area (Å²) in [5.41, 5.74) is -1.72. The number of halogens is 1. The summed E-state index contributed by atoms with van der Waals surface area (Å²) in [6.07, 6.45) is 0. The number of rotatable bonds is 4. The van der Waals surface area contributed by atoms with Crippen LogP contribution >= 0.6 is 15.9 Å². The number of hydrogen-bond acceptors (Lipinski definition) is 6. The lowest BCUT2D eigenvalue weighted by Crippen LogP contribution is -2.54. The van der Waals surface area contributed by atoms with Gasteiger partial charge in [-0.05, 0) is 52.7 Å². The Morgan fingerprint density at radius 1 is 0.853 bits per heavy atom. The van der Waals surface area contributed by atoms with E-state index in [0.29, 0.717) is 16.5 Å². The largest absolute Gasteiger partial charge is 0.420 e. The normalized spacial score (nSPS) is 14.7. The van der Waals surface area contributed by atoms with E-state index < -0.39 is 28.9 Å². The van der Waals surface area contributed by atoms with Gasteiger partial charge < -0.3 is 9.15 Å². The maximum absolute atomic E-state index is 13.7. The zero-order valence-corrected chi connectivity index (χ0v) is 19.4. The summed E-state index contributed by atoms with van der Waals surface area (Å²) in [6, 6.07) is 21.4. The summed E-state index contributed by atoms with van der Waals surface area (Å²) >= 11 is 3.33. The molecule has 0 unspecified atom stereocenters. The van der Waals surface area contributed by atoms with Gasteiger partial charge in [0.15, 0.2) is 5.54 Å². The van der Waals surface area contributed by atoms with Gasteiger partial charge in [0.2, 0.25) is 5.75 Å². The highest BCUT2D eigenvalue weighted by atomic mass is 79.9. The standard InChI is InChI=1S/C26H16BrNO6/c1-26(15-9-3-2-4-10-15,28-22(29)16-11-5-6-12-17(16)23(28)30)25(32)34-21-20(27)18-13-7-8-14-19(18)33-24(21)31/h2-14H,1H3/t26-/m0/s1. The Morgan fingerprint density at radius 3 is 2.06 bits per heavy atom. The lowest BCUT2D eigenvalue weighted by molar-refractivity contribution is -0.145. The highest BCUT2D eigenvalue weighted by Crippen LogP contribution is 2.38.